The summed E-state index contributed by atoms with van der Waals surface area (Å²) in [6, 6.07) is 16.4. The summed E-state index contributed by atoms with van der Waals surface area (Å²) in [5, 5.41) is 19.2. The van der Waals surface area contributed by atoms with Crippen molar-refractivity contribution in [1.82, 2.24) is 60.8 Å². The molecule has 1 fully saturated rings. The van der Waals surface area contributed by atoms with Crippen LogP contribution in [0.5, 0.6) is 11.5 Å². The first-order chi connectivity index (χ1) is 33.9. The standard InChI is InChI=1S/C50H50N14O6/c1-31-43(55-47(65)45-53-41(57-59-45)27-35-9-5-17-51-29-35)49(67)61(3)37-25-33(13-15-39(37)69-31)11-7-19-63-21-23-64(24-22-63)20-8-12-34-14-16-40-38(26-34)62(4)50(68)44(32(2)70-40)56-48(66)46-54-42(58-60-46)28-36-10-6-18-52-30-36/h5-6,9-10,13-18,25-26,29-32,43-44H,19-24,27-28H2,1-4H3,(H,55,65)(H,56,66)(H,53,57,59)(H,54,58,60)/t31-,32-,43+,44+/m1/s1. The number of carbonyl (C=O) groups excluding carboxylic acids is 4. The zero-order chi connectivity index (χ0) is 48.7. The lowest BCUT2D eigenvalue weighted by Crippen LogP contribution is -2.53. The lowest BCUT2D eigenvalue weighted by atomic mass is 10.1. The molecule has 3 aliphatic rings. The van der Waals surface area contributed by atoms with Gasteiger partial charge in [-0.3, -0.25) is 49.1 Å². The van der Waals surface area contributed by atoms with Crippen LogP contribution in [0.4, 0.5) is 11.4 Å². The molecular formula is C50H50N14O6. The van der Waals surface area contributed by atoms with Gasteiger partial charge in [0, 0.05) is 89.0 Å². The first-order valence-corrected chi connectivity index (χ1v) is 22.8. The molecule has 4 atom stereocenters. The van der Waals surface area contributed by atoms with E-state index < -0.39 is 36.1 Å². The van der Waals surface area contributed by atoms with Gasteiger partial charge < -0.3 is 29.9 Å². The number of H-pyrrole nitrogens is 2. The minimum Gasteiger partial charge on any atom is -0.486 e. The third-order valence-electron chi connectivity index (χ3n) is 12.2. The highest BCUT2D eigenvalue weighted by molar-refractivity contribution is 6.04. The minimum absolute atomic E-state index is 0.0772. The van der Waals surface area contributed by atoms with E-state index in [2.05, 4.69) is 84.4 Å². The highest BCUT2D eigenvalue weighted by Gasteiger charge is 2.38. The largest absolute Gasteiger partial charge is 0.486 e. The summed E-state index contributed by atoms with van der Waals surface area (Å²) < 4.78 is 12.4. The van der Waals surface area contributed by atoms with E-state index in [4.69, 9.17) is 9.47 Å². The van der Waals surface area contributed by atoms with E-state index in [9.17, 15) is 19.2 Å². The number of aromatic amines is 2. The summed E-state index contributed by atoms with van der Waals surface area (Å²) in [6.07, 6.45) is 6.27. The Labute approximate surface area is 403 Å². The van der Waals surface area contributed by atoms with E-state index >= 15 is 0 Å². The van der Waals surface area contributed by atoms with Crippen LogP contribution < -0.4 is 29.9 Å². The van der Waals surface area contributed by atoms with Crippen molar-refractivity contribution in [3.63, 3.8) is 0 Å². The third kappa shape index (κ3) is 10.8. The smallest absolute Gasteiger partial charge is 0.291 e. The average molecular weight is 943 g/mol. The molecule has 0 saturated carbocycles. The van der Waals surface area contributed by atoms with Gasteiger partial charge in [-0.25, -0.2) is 9.97 Å². The molecule has 0 spiro atoms. The molecule has 2 aromatic carbocycles. The predicted molar refractivity (Wildman–Crippen MR) is 256 cm³/mol. The van der Waals surface area contributed by atoms with Crippen LogP contribution in [0.2, 0.25) is 0 Å². The van der Waals surface area contributed by atoms with Crippen molar-refractivity contribution in [3.8, 4) is 35.2 Å². The van der Waals surface area contributed by atoms with E-state index in [1.54, 1.807) is 64.9 Å². The normalized spacial score (nSPS) is 19.1. The Balaban J connectivity index is 0.739. The Morgan fingerprint density at radius 2 is 1.09 bits per heavy atom. The first kappa shape index (κ1) is 46.6. The number of likely N-dealkylation sites (N-methyl/N-ethyl adjacent to an activating group) is 2. The number of piperazine rings is 1. The number of hydrogen-bond acceptors (Lipinski definition) is 14. The minimum atomic E-state index is -0.991. The van der Waals surface area contributed by atoms with Crippen LogP contribution in [0.15, 0.2) is 85.5 Å². The van der Waals surface area contributed by atoms with Crippen LogP contribution in [0.25, 0.3) is 0 Å². The van der Waals surface area contributed by atoms with Gasteiger partial charge in [-0.15, -0.1) is 10.2 Å². The highest BCUT2D eigenvalue weighted by atomic mass is 16.5. The molecule has 6 aromatic rings. The first-order valence-electron chi connectivity index (χ1n) is 22.8. The zero-order valence-electron chi connectivity index (χ0n) is 39.0. The van der Waals surface area contributed by atoms with Gasteiger partial charge in [0.05, 0.1) is 24.5 Å². The van der Waals surface area contributed by atoms with Gasteiger partial charge >= 0.3 is 0 Å². The molecule has 356 valence electrons. The van der Waals surface area contributed by atoms with E-state index in [0.29, 0.717) is 60.5 Å². The molecular weight excluding hydrogens is 893 g/mol. The number of nitrogens with one attached hydrogen (secondary N) is 4. The van der Waals surface area contributed by atoms with Crippen LogP contribution in [-0.4, -0.2) is 151 Å². The maximum Gasteiger partial charge on any atom is 0.291 e. The van der Waals surface area contributed by atoms with E-state index in [-0.39, 0.29) is 23.5 Å². The SMILES string of the molecule is C[C@H]1Oc2ccc(C#CCN3CCN(CC#Cc4ccc5c(c4)N(C)C(=O)[C@@H](NC(=O)c4n[nH]c(Cc6cccnc6)n4)[C@@H](C)O5)CC3)cc2N(C)C(=O)[C@H]1NC(=O)c1n[nH]c(Cc2cccnc2)n1. The van der Waals surface area contributed by atoms with Crippen LogP contribution in [0.3, 0.4) is 0 Å². The maximum absolute atomic E-state index is 13.7. The molecule has 0 unspecified atom stereocenters. The molecule has 7 heterocycles. The topological polar surface area (TPSA) is 233 Å². The van der Waals surface area contributed by atoms with Crippen LogP contribution >= 0.6 is 0 Å². The second-order valence-electron chi connectivity index (χ2n) is 17.2. The number of fused-ring (bicyclic) bond motifs is 2. The number of ether oxygens (including phenoxy) is 2. The molecule has 70 heavy (non-hydrogen) atoms. The van der Waals surface area contributed by atoms with Gasteiger partial charge in [0.15, 0.2) is 0 Å². The number of hydrogen-bond donors (Lipinski definition) is 4. The molecule has 0 radical (unpaired) electrons. The fourth-order valence-corrected chi connectivity index (χ4v) is 8.23. The number of aromatic nitrogens is 8. The van der Waals surface area contributed by atoms with Gasteiger partial charge in [0.2, 0.25) is 11.6 Å². The van der Waals surface area contributed by atoms with Crippen molar-refractivity contribution >= 4 is 35.0 Å². The summed E-state index contributed by atoms with van der Waals surface area (Å²) in [5.74, 6) is 13.0. The lowest BCUT2D eigenvalue weighted by molar-refractivity contribution is -0.122. The monoisotopic (exact) mass is 942 g/mol. The molecule has 1 saturated heterocycles. The molecule has 0 bridgehead atoms. The van der Waals surface area contributed by atoms with Gasteiger partial charge in [-0.2, -0.15) is 0 Å². The van der Waals surface area contributed by atoms with Crippen molar-refractivity contribution in [2.45, 2.75) is 51.0 Å². The van der Waals surface area contributed by atoms with Crippen LogP contribution in [-0.2, 0) is 22.4 Å². The van der Waals surface area contributed by atoms with Gasteiger partial charge in [-0.05, 0) is 73.5 Å². The second kappa shape index (κ2) is 20.8. The molecule has 0 aliphatic carbocycles. The quantitative estimate of drug-likeness (QED) is 0.144. The van der Waals surface area contributed by atoms with Crippen molar-refractivity contribution in [2.24, 2.45) is 0 Å². The van der Waals surface area contributed by atoms with Crippen molar-refractivity contribution < 1.29 is 28.7 Å². The van der Waals surface area contributed by atoms with E-state index in [1.807, 2.05) is 48.5 Å². The number of rotatable bonds is 10. The number of anilines is 2. The van der Waals surface area contributed by atoms with E-state index in [1.165, 1.54) is 9.80 Å². The van der Waals surface area contributed by atoms with Gasteiger partial charge in [-0.1, -0.05) is 35.8 Å². The Bertz CT molecular complexity index is 2820. The van der Waals surface area contributed by atoms with Gasteiger partial charge in [0.1, 0.15) is 47.4 Å². The fraction of sp³-hybridized carbons (Fsp3) is 0.320. The zero-order valence-corrected chi connectivity index (χ0v) is 39.0. The molecule has 20 nitrogen and oxygen atoms in total. The van der Waals surface area contributed by atoms with Crippen molar-refractivity contribution in [1.29, 1.82) is 0 Å². The molecule has 9 rings (SSSR count). The summed E-state index contributed by atoms with van der Waals surface area (Å²) in [5.41, 5.74) is 4.37. The Morgan fingerprint density at radius 1 is 0.657 bits per heavy atom. The summed E-state index contributed by atoms with van der Waals surface area (Å²) in [6.45, 7) is 7.87. The van der Waals surface area contributed by atoms with Crippen LogP contribution in [0.1, 0.15) is 69.0 Å². The summed E-state index contributed by atoms with van der Waals surface area (Å²) in [7, 11) is 3.29. The van der Waals surface area contributed by atoms with Crippen molar-refractivity contribution in [2.75, 3.05) is 63.2 Å². The van der Waals surface area contributed by atoms with Crippen molar-refractivity contribution in [3.05, 3.63) is 131 Å². The molecule has 4 N–H and O–H groups in total. The number of pyridine rings is 2. The number of nitrogens with zero attached hydrogens (tertiary/aromatic N) is 10. The highest BCUT2D eigenvalue weighted by Crippen LogP contribution is 2.35. The Hall–Kier alpha value is -8.46. The van der Waals surface area contributed by atoms with Crippen LogP contribution in [0, 0.1) is 23.7 Å². The van der Waals surface area contributed by atoms with Gasteiger partial charge in [0.25, 0.3) is 23.6 Å². The third-order valence-corrected chi connectivity index (χ3v) is 12.2. The predicted octanol–water partition coefficient (Wildman–Crippen LogP) is 2.00. The molecule has 20 heteroatoms. The summed E-state index contributed by atoms with van der Waals surface area (Å²) >= 11 is 0. The summed E-state index contributed by atoms with van der Waals surface area (Å²) in [4.78, 5) is 78.2. The molecule has 3 aliphatic heterocycles. The lowest BCUT2D eigenvalue weighted by Gasteiger charge is -2.32. The number of benzene rings is 2. The fourth-order valence-electron chi connectivity index (χ4n) is 8.23. The maximum atomic E-state index is 13.7. The number of carbonyl (C=O) groups is 4. The second-order valence-corrected chi connectivity index (χ2v) is 17.2. The molecule has 4 aromatic heterocycles. The Kier molecular flexibility index (Phi) is 13.9. The number of amides is 4. The Morgan fingerprint density at radius 3 is 1.49 bits per heavy atom. The average Bonchev–Trinajstić information content (AvgIpc) is 4.02. The van der Waals surface area contributed by atoms with E-state index in [0.717, 1.165) is 48.4 Å². The molecule has 4 amide bonds.